The van der Waals surface area contributed by atoms with Gasteiger partial charge in [0, 0.05) is 23.4 Å². The fraction of sp³-hybridized carbons (Fsp3) is 0.333. The summed E-state index contributed by atoms with van der Waals surface area (Å²) in [5, 5.41) is 3.24. The first-order valence-electron chi connectivity index (χ1n) is 9.03. The van der Waals surface area contributed by atoms with Crippen LogP contribution in [0.15, 0.2) is 46.7 Å². The van der Waals surface area contributed by atoms with Crippen LogP contribution in [0.2, 0.25) is 0 Å². The highest BCUT2D eigenvalue weighted by molar-refractivity contribution is 7.89. The van der Waals surface area contributed by atoms with Crippen LogP contribution in [0.25, 0.3) is 10.1 Å². The fourth-order valence-electron chi connectivity index (χ4n) is 3.98. The normalized spacial score (nSPS) is 18.9. The minimum atomic E-state index is -3.56. The largest absolute Gasteiger partial charge is 0.371 e. The predicted octanol–water partition coefficient (Wildman–Crippen LogP) is 4.59. The highest BCUT2D eigenvalue weighted by Crippen LogP contribution is 2.35. The predicted molar refractivity (Wildman–Crippen MR) is 110 cm³/mol. The molecule has 1 aliphatic rings. The standard InChI is InChI=1S/C21H23NO3S2/c1-14-10-15(2)21(16(3)11-14)27(23,24)22-8-9-25-19(12-22)18-13-26-20-7-5-4-6-17(18)20/h4-7,10-11,13,19H,8-9,12H2,1-3H3/t19-/m0/s1. The molecule has 1 aromatic heterocycles. The summed E-state index contributed by atoms with van der Waals surface area (Å²) >= 11 is 1.67. The lowest BCUT2D eigenvalue weighted by Crippen LogP contribution is -2.42. The number of sulfonamides is 1. The maximum atomic E-state index is 13.4. The van der Waals surface area contributed by atoms with Crippen LogP contribution in [0.3, 0.4) is 0 Å². The van der Waals surface area contributed by atoms with Crippen LogP contribution >= 0.6 is 11.3 Å². The number of morpholine rings is 1. The molecule has 1 fully saturated rings. The van der Waals surface area contributed by atoms with Crippen LogP contribution in [-0.2, 0) is 14.8 Å². The molecular formula is C21H23NO3S2. The van der Waals surface area contributed by atoms with Crippen LogP contribution in [0, 0.1) is 20.8 Å². The second-order valence-electron chi connectivity index (χ2n) is 7.14. The Labute approximate surface area is 164 Å². The molecule has 1 atom stereocenters. The highest BCUT2D eigenvalue weighted by atomic mass is 32.2. The molecule has 0 amide bonds. The summed E-state index contributed by atoms with van der Waals surface area (Å²) in [6, 6.07) is 12.1. The number of aryl methyl sites for hydroxylation is 3. The SMILES string of the molecule is Cc1cc(C)c(S(=O)(=O)N2CCO[C@H](c3csc4ccccc34)C2)c(C)c1. The first-order valence-corrected chi connectivity index (χ1v) is 11.4. The van der Waals surface area contributed by atoms with Gasteiger partial charge in [-0.25, -0.2) is 8.42 Å². The van der Waals surface area contributed by atoms with Gasteiger partial charge < -0.3 is 4.74 Å². The van der Waals surface area contributed by atoms with Gasteiger partial charge >= 0.3 is 0 Å². The third kappa shape index (κ3) is 3.31. The maximum Gasteiger partial charge on any atom is 0.243 e. The lowest BCUT2D eigenvalue weighted by molar-refractivity contribution is -0.00156. The smallest absolute Gasteiger partial charge is 0.243 e. The molecule has 4 rings (SSSR count). The van der Waals surface area contributed by atoms with Gasteiger partial charge in [0.2, 0.25) is 10.0 Å². The van der Waals surface area contributed by atoms with Crippen molar-refractivity contribution in [3.63, 3.8) is 0 Å². The van der Waals surface area contributed by atoms with E-state index in [0.717, 1.165) is 27.6 Å². The second kappa shape index (κ2) is 7.02. The van der Waals surface area contributed by atoms with E-state index in [-0.39, 0.29) is 6.10 Å². The number of hydrogen-bond donors (Lipinski definition) is 0. The minimum Gasteiger partial charge on any atom is -0.371 e. The van der Waals surface area contributed by atoms with Crippen LogP contribution in [-0.4, -0.2) is 32.4 Å². The Morgan fingerprint density at radius 1 is 1.11 bits per heavy atom. The molecule has 1 saturated heterocycles. The van der Waals surface area contributed by atoms with E-state index in [1.165, 1.54) is 4.70 Å². The number of nitrogens with zero attached hydrogens (tertiary/aromatic N) is 1. The van der Waals surface area contributed by atoms with Crippen LogP contribution in [0.5, 0.6) is 0 Å². The zero-order valence-electron chi connectivity index (χ0n) is 15.7. The van der Waals surface area contributed by atoms with Crippen LogP contribution < -0.4 is 0 Å². The third-order valence-electron chi connectivity index (χ3n) is 5.09. The highest BCUT2D eigenvalue weighted by Gasteiger charge is 2.34. The van der Waals surface area contributed by atoms with Gasteiger partial charge in [-0.05, 0) is 48.7 Å². The van der Waals surface area contributed by atoms with Crippen molar-refractivity contribution in [1.29, 1.82) is 0 Å². The van der Waals surface area contributed by atoms with Crippen molar-refractivity contribution in [2.24, 2.45) is 0 Å². The van der Waals surface area contributed by atoms with E-state index in [4.69, 9.17) is 4.74 Å². The molecular weight excluding hydrogens is 378 g/mol. The van der Waals surface area contributed by atoms with Gasteiger partial charge in [-0.1, -0.05) is 35.9 Å². The molecule has 2 aromatic carbocycles. The quantitative estimate of drug-likeness (QED) is 0.645. The number of thiophene rings is 1. The van der Waals surface area contributed by atoms with Gasteiger partial charge in [0.1, 0.15) is 0 Å². The topological polar surface area (TPSA) is 46.6 Å². The molecule has 142 valence electrons. The number of benzene rings is 2. The van der Waals surface area contributed by atoms with Crippen LogP contribution in [0.1, 0.15) is 28.4 Å². The Morgan fingerprint density at radius 3 is 2.56 bits per heavy atom. The summed E-state index contributed by atoms with van der Waals surface area (Å²) in [5.41, 5.74) is 3.76. The molecule has 6 heteroatoms. The van der Waals surface area contributed by atoms with Gasteiger partial charge in [-0.2, -0.15) is 4.31 Å². The van der Waals surface area contributed by atoms with E-state index in [1.807, 2.05) is 45.0 Å². The molecule has 0 spiro atoms. The molecule has 0 saturated carbocycles. The summed E-state index contributed by atoms with van der Waals surface area (Å²) in [4.78, 5) is 0.434. The Hall–Kier alpha value is -1.73. The zero-order valence-corrected chi connectivity index (χ0v) is 17.4. The van der Waals surface area contributed by atoms with Gasteiger partial charge in [0.05, 0.1) is 17.6 Å². The molecule has 0 bridgehead atoms. The van der Waals surface area contributed by atoms with E-state index >= 15 is 0 Å². The summed E-state index contributed by atoms with van der Waals surface area (Å²) in [7, 11) is -3.56. The Bertz CT molecular complexity index is 1080. The lowest BCUT2D eigenvalue weighted by atomic mass is 10.1. The van der Waals surface area contributed by atoms with E-state index in [0.29, 0.717) is 24.6 Å². The zero-order chi connectivity index (χ0) is 19.2. The van der Waals surface area contributed by atoms with Crippen molar-refractivity contribution in [1.82, 2.24) is 4.31 Å². The van der Waals surface area contributed by atoms with Gasteiger partial charge in [-0.15, -0.1) is 11.3 Å². The van der Waals surface area contributed by atoms with E-state index < -0.39 is 10.0 Å². The Morgan fingerprint density at radius 2 is 1.81 bits per heavy atom. The average Bonchev–Trinajstić information content (AvgIpc) is 3.05. The molecule has 1 aliphatic heterocycles. The number of rotatable bonds is 3. The maximum absolute atomic E-state index is 13.4. The number of ether oxygens (including phenoxy) is 1. The fourth-order valence-corrected chi connectivity index (χ4v) is 6.82. The van der Waals surface area contributed by atoms with Gasteiger partial charge in [0.25, 0.3) is 0 Å². The third-order valence-corrected chi connectivity index (χ3v) is 8.24. The van der Waals surface area contributed by atoms with Crippen molar-refractivity contribution in [3.8, 4) is 0 Å². The van der Waals surface area contributed by atoms with E-state index in [1.54, 1.807) is 15.6 Å². The van der Waals surface area contributed by atoms with E-state index in [9.17, 15) is 8.42 Å². The molecule has 27 heavy (non-hydrogen) atoms. The van der Waals surface area contributed by atoms with Crippen LogP contribution in [0.4, 0.5) is 0 Å². The van der Waals surface area contributed by atoms with Crippen molar-refractivity contribution in [2.75, 3.05) is 19.7 Å². The summed E-state index contributed by atoms with van der Waals surface area (Å²) in [6.45, 7) is 6.86. The van der Waals surface area contributed by atoms with Crippen molar-refractivity contribution >= 4 is 31.4 Å². The Kier molecular flexibility index (Phi) is 4.84. The molecule has 3 aromatic rings. The monoisotopic (exact) mass is 401 g/mol. The lowest BCUT2D eigenvalue weighted by Gasteiger charge is -2.33. The number of hydrogen-bond acceptors (Lipinski definition) is 4. The summed E-state index contributed by atoms with van der Waals surface area (Å²) < 4.78 is 35.5. The van der Waals surface area contributed by atoms with E-state index in [2.05, 4.69) is 17.5 Å². The van der Waals surface area contributed by atoms with Crippen molar-refractivity contribution < 1.29 is 13.2 Å². The molecule has 4 nitrogen and oxygen atoms in total. The van der Waals surface area contributed by atoms with Gasteiger partial charge in [-0.3, -0.25) is 0 Å². The summed E-state index contributed by atoms with van der Waals surface area (Å²) in [6.07, 6.45) is -0.240. The molecule has 0 N–H and O–H groups in total. The first kappa shape index (κ1) is 18.6. The number of fused-ring (bicyclic) bond motifs is 1. The molecule has 0 radical (unpaired) electrons. The van der Waals surface area contributed by atoms with Crippen molar-refractivity contribution in [2.45, 2.75) is 31.8 Å². The summed E-state index contributed by atoms with van der Waals surface area (Å²) in [5.74, 6) is 0. The molecule has 0 unspecified atom stereocenters. The molecule has 2 heterocycles. The second-order valence-corrected chi connectivity index (χ2v) is 9.92. The average molecular weight is 402 g/mol. The first-order chi connectivity index (χ1) is 12.9. The Balaban J connectivity index is 1.69. The minimum absolute atomic E-state index is 0.240. The van der Waals surface area contributed by atoms with Crippen molar-refractivity contribution in [3.05, 3.63) is 64.0 Å². The molecule has 0 aliphatic carbocycles. The van der Waals surface area contributed by atoms with Gasteiger partial charge in [0.15, 0.2) is 0 Å².